The Bertz CT molecular complexity index is 1700. The molecule has 0 saturated heterocycles. The molecule has 192 valence electrons. The van der Waals surface area contributed by atoms with E-state index in [1.165, 1.54) is 12.3 Å². The molecular formula is C22H18FN6O5S3-. The monoisotopic (exact) mass is 561 g/mol. The van der Waals surface area contributed by atoms with E-state index in [-0.39, 0.29) is 34.6 Å². The summed E-state index contributed by atoms with van der Waals surface area (Å²) in [5.41, 5.74) is 1.68. The molecule has 3 aromatic heterocycles. The summed E-state index contributed by atoms with van der Waals surface area (Å²) in [5.74, 6) is -1.26. The predicted molar refractivity (Wildman–Crippen MR) is 133 cm³/mol. The van der Waals surface area contributed by atoms with Gasteiger partial charge in [0.05, 0.1) is 28.7 Å². The molecule has 0 aliphatic carbocycles. The van der Waals surface area contributed by atoms with Crippen LogP contribution in [0.25, 0.3) is 21.3 Å². The van der Waals surface area contributed by atoms with Crippen molar-refractivity contribution in [2.45, 2.75) is 17.5 Å². The number of halogens is 1. The summed E-state index contributed by atoms with van der Waals surface area (Å²) in [4.78, 5) is 4.42. The number of benzene rings is 2. The zero-order chi connectivity index (χ0) is 26.2. The highest BCUT2D eigenvalue weighted by Crippen LogP contribution is 2.38. The quantitative estimate of drug-likeness (QED) is 0.267. The lowest BCUT2D eigenvalue weighted by molar-refractivity contribution is 0.440. The number of nitrogens with zero attached hydrogens (tertiary/aromatic N) is 5. The summed E-state index contributed by atoms with van der Waals surface area (Å²) in [5, 5.41) is 10.4. The van der Waals surface area contributed by atoms with Gasteiger partial charge in [-0.15, -0.1) is 21.5 Å². The van der Waals surface area contributed by atoms with Crippen LogP contribution >= 0.6 is 11.3 Å². The van der Waals surface area contributed by atoms with Crippen LogP contribution < -0.4 is 4.72 Å². The van der Waals surface area contributed by atoms with E-state index in [2.05, 4.69) is 25.0 Å². The maximum Gasteiger partial charge on any atom is 0.241 e. The van der Waals surface area contributed by atoms with Crippen LogP contribution in [0.4, 0.5) is 4.39 Å². The summed E-state index contributed by atoms with van der Waals surface area (Å²) in [6.07, 6.45) is 3.20. The van der Waals surface area contributed by atoms with Crippen molar-refractivity contribution in [1.82, 2.24) is 29.7 Å². The molecule has 0 saturated carbocycles. The van der Waals surface area contributed by atoms with Gasteiger partial charge in [-0.05, 0) is 11.6 Å². The average Bonchev–Trinajstić information content (AvgIpc) is 3.57. The number of rotatable bonds is 9. The molecule has 0 aliphatic heterocycles. The standard InChI is InChI=1S/C22H19FN6O5S3/c1-29-11-14(9-24-29)15-7-18-17(8-16(15)23)26-22(35-18)20(21-28-27-19(34-21)10-25-36(30)31)37(32,33)12-13-5-3-2-4-6-13/h2-9,11,20,25H,10,12H2,1H3,(H,30,31)/p-1. The molecule has 5 rings (SSSR count). The van der Waals surface area contributed by atoms with Crippen molar-refractivity contribution >= 4 is 42.7 Å². The molecule has 0 aliphatic rings. The lowest BCUT2D eigenvalue weighted by Crippen LogP contribution is -2.17. The Hall–Kier alpha value is -3.37. The highest BCUT2D eigenvalue weighted by atomic mass is 32.2. The third-order valence-electron chi connectivity index (χ3n) is 5.35. The summed E-state index contributed by atoms with van der Waals surface area (Å²) >= 11 is -1.51. The highest BCUT2D eigenvalue weighted by Gasteiger charge is 2.37. The number of aryl methyl sites for hydroxylation is 1. The Labute approximate surface area is 216 Å². The van der Waals surface area contributed by atoms with Crippen LogP contribution in [0.5, 0.6) is 0 Å². The van der Waals surface area contributed by atoms with Crippen molar-refractivity contribution < 1.29 is 26.0 Å². The second-order valence-electron chi connectivity index (χ2n) is 8.02. The Morgan fingerprint density at radius 3 is 2.73 bits per heavy atom. The summed E-state index contributed by atoms with van der Waals surface area (Å²) in [6.45, 7) is -0.311. The molecule has 0 amide bonds. The van der Waals surface area contributed by atoms with Gasteiger partial charge in [0.1, 0.15) is 10.8 Å². The number of aromatic nitrogens is 5. The smallest absolute Gasteiger partial charge is 0.241 e. The number of nitrogens with one attached hydrogen (secondary N) is 1. The molecule has 0 bridgehead atoms. The predicted octanol–water partition coefficient (Wildman–Crippen LogP) is 2.81. The Morgan fingerprint density at radius 2 is 2.03 bits per heavy atom. The Morgan fingerprint density at radius 1 is 1.24 bits per heavy atom. The third-order valence-corrected chi connectivity index (χ3v) is 8.84. The van der Waals surface area contributed by atoms with Gasteiger partial charge in [-0.3, -0.25) is 8.89 Å². The van der Waals surface area contributed by atoms with Crippen LogP contribution in [0, 0.1) is 5.82 Å². The zero-order valence-corrected chi connectivity index (χ0v) is 21.5. The SMILES string of the molecule is Cn1cc(-c2cc3sc(C(c4nnc(CNS(=O)[O-])o4)S(=O)(=O)Cc4ccccc4)nc3cc2F)cn1. The molecule has 2 atom stereocenters. The van der Waals surface area contributed by atoms with Crippen LogP contribution in [-0.4, -0.2) is 42.1 Å². The average molecular weight is 562 g/mol. The van der Waals surface area contributed by atoms with Crippen LogP contribution in [0.2, 0.25) is 0 Å². The fraction of sp³-hybridized carbons (Fsp3) is 0.182. The van der Waals surface area contributed by atoms with E-state index in [9.17, 15) is 21.6 Å². The summed E-state index contributed by atoms with van der Waals surface area (Å²) < 4.78 is 73.6. The first-order valence-electron chi connectivity index (χ1n) is 10.7. The largest absolute Gasteiger partial charge is 0.760 e. The van der Waals surface area contributed by atoms with Gasteiger partial charge in [0.2, 0.25) is 11.8 Å². The van der Waals surface area contributed by atoms with Gasteiger partial charge < -0.3 is 8.97 Å². The molecular weight excluding hydrogens is 543 g/mol. The van der Waals surface area contributed by atoms with E-state index in [0.717, 1.165) is 11.3 Å². The van der Waals surface area contributed by atoms with Gasteiger partial charge in [-0.1, -0.05) is 30.3 Å². The van der Waals surface area contributed by atoms with Crippen molar-refractivity contribution in [3.63, 3.8) is 0 Å². The number of hydrogen-bond acceptors (Lipinski definition) is 10. The molecule has 5 aromatic rings. The van der Waals surface area contributed by atoms with Crippen LogP contribution in [0.1, 0.15) is 27.6 Å². The Kier molecular flexibility index (Phi) is 6.96. The highest BCUT2D eigenvalue weighted by molar-refractivity contribution is 7.91. The Balaban J connectivity index is 1.59. The van der Waals surface area contributed by atoms with E-state index >= 15 is 0 Å². The van der Waals surface area contributed by atoms with Gasteiger partial charge in [0.25, 0.3) is 0 Å². The molecule has 2 unspecified atom stereocenters. The van der Waals surface area contributed by atoms with Crippen molar-refractivity contribution in [2.75, 3.05) is 0 Å². The lowest BCUT2D eigenvalue weighted by Gasteiger charge is -2.12. The molecule has 0 radical (unpaired) electrons. The maximum absolute atomic E-state index is 14.9. The third kappa shape index (κ3) is 5.50. The van der Waals surface area contributed by atoms with Gasteiger partial charge in [-0.2, -0.15) is 5.10 Å². The summed E-state index contributed by atoms with van der Waals surface area (Å²) in [6, 6.07) is 11.4. The number of fused-ring (bicyclic) bond motifs is 1. The van der Waals surface area contributed by atoms with E-state index in [0.29, 0.717) is 21.4 Å². The number of hydrogen-bond donors (Lipinski definition) is 1. The molecule has 0 fully saturated rings. The number of thiazole rings is 1. The normalized spacial score (nSPS) is 13.7. The minimum Gasteiger partial charge on any atom is -0.760 e. The molecule has 1 N–H and O–H groups in total. The number of sulfone groups is 1. The molecule has 11 nitrogen and oxygen atoms in total. The van der Waals surface area contributed by atoms with E-state index in [1.54, 1.807) is 54.3 Å². The molecule has 37 heavy (non-hydrogen) atoms. The summed E-state index contributed by atoms with van der Waals surface area (Å²) in [7, 11) is -2.30. The second-order valence-corrected chi connectivity index (χ2v) is 11.9. The van der Waals surface area contributed by atoms with Crippen LogP contribution in [0.15, 0.2) is 59.3 Å². The van der Waals surface area contributed by atoms with Gasteiger partial charge in [-0.25, -0.2) is 22.5 Å². The molecule has 0 spiro atoms. The van der Waals surface area contributed by atoms with E-state index in [1.807, 2.05) is 0 Å². The van der Waals surface area contributed by atoms with Crippen LogP contribution in [-0.2, 0) is 40.4 Å². The first-order valence-corrected chi connectivity index (χ1v) is 14.3. The fourth-order valence-corrected chi connectivity index (χ4v) is 7.10. The maximum atomic E-state index is 14.9. The van der Waals surface area contributed by atoms with Crippen LogP contribution in [0.3, 0.4) is 0 Å². The first kappa shape index (κ1) is 25.3. The zero-order valence-electron chi connectivity index (χ0n) is 19.1. The molecule has 15 heteroatoms. The minimum absolute atomic E-state index is 0.115. The molecule has 3 heterocycles. The van der Waals surface area contributed by atoms with Gasteiger partial charge >= 0.3 is 0 Å². The van der Waals surface area contributed by atoms with Crippen molar-refractivity contribution in [3.8, 4) is 11.1 Å². The first-order chi connectivity index (χ1) is 17.7. The van der Waals surface area contributed by atoms with Crippen molar-refractivity contribution in [3.05, 3.63) is 83.0 Å². The minimum atomic E-state index is -4.01. The van der Waals surface area contributed by atoms with Crippen molar-refractivity contribution in [2.24, 2.45) is 7.05 Å². The fourth-order valence-electron chi connectivity index (χ4n) is 3.73. The van der Waals surface area contributed by atoms with E-state index < -0.39 is 32.2 Å². The van der Waals surface area contributed by atoms with E-state index in [4.69, 9.17) is 4.42 Å². The second kappa shape index (κ2) is 10.2. The van der Waals surface area contributed by atoms with Crippen molar-refractivity contribution in [1.29, 1.82) is 0 Å². The van der Waals surface area contributed by atoms with Gasteiger partial charge in [0, 0.05) is 41.7 Å². The lowest BCUT2D eigenvalue weighted by atomic mass is 10.1. The topological polar surface area (TPSA) is 156 Å². The van der Waals surface area contributed by atoms with Gasteiger partial charge in [0.15, 0.2) is 15.1 Å². The molecule has 2 aromatic carbocycles.